The fourth-order valence-electron chi connectivity index (χ4n) is 6.08. The molecular weight excluding hydrogens is 508 g/mol. The van der Waals surface area contributed by atoms with Crippen molar-refractivity contribution in [2.24, 2.45) is 17.6 Å². The number of aliphatic hydroxyl groups excluding tert-OH is 2. The van der Waals surface area contributed by atoms with E-state index in [0.717, 1.165) is 0 Å². The van der Waals surface area contributed by atoms with Crippen LogP contribution in [0.5, 0.6) is 5.75 Å². The number of phenolic OH excluding ortho intramolecular Hbond substituents is 1. The van der Waals surface area contributed by atoms with E-state index in [-0.39, 0.29) is 17.7 Å². The summed E-state index contributed by atoms with van der Waals surface area (Å²) < 4.78 is 5.84. The number of primary amides is 1. The van der Waals surface area contributed by atoms with Crippen molar-refractivity contribution < 1.29 is 44.3 Å². The Morgan fingerprint density at radius 3 is 2.38 bits per heavy atom. The molecule has 2 aromatic rings. The van der Waals surface area contributed by atoms with E-state index in [1.54, 1.807) is 43.3 Å². The Hall–Kier alpha value is -4.64. The Morgan fingerprint density at radius 1 is 1.08 bits per heavy atom. The number of amides is 1. The van der Waals surface area contributed by atoms with Crippen molar-refractivity contribution in [1.82, 2.24) is 0 Å². The first kappa shape index (κ1) is 26.0. The number of benzene rings is 2. The number of Topliss-reactive ketones (excluding diaryl/α,β-unsaturated/α-hetero) is 2. The predicted molar refractivity (Wildman–Crippen MR) is 136 cm³/mol. The van der Waals surface area contributed by atoms with Gasteiger partial charge in [-0.25, -0.2) is 0 Å². The number of carbonyl (C=O) groups is 4. The molecule has 11 nitrogen and oxygen atoms in total. The summed E-state index contributed by atoms with van der Waals surface area (Å²) in [4.78, 5) is 51.9. The first-order chi connectivity index (χ1) is 18.4. The lowest BCUT2D eigenvalue weighted by molar-refractivity contribution is -0.178. The van der Waals surface area contributed by atoms with Crippen LogP contribution < -0.4 is 11.5 Å². The average Bonchev–Trinajstić information content (AvgIpc) is 2.87. The van der Waals surface area contributed by atoms with Crippen LogP contribution in [-0.2, 0) is 30.3 Å². The van der Waals surface area contributed by atoms with Crippen molar-refractivity contribution in [3.05, 3.63) is 76.1 Å². The second-order valence-corrected chi connectivity index (χ2v) is 10.1. The Kier molecular flexibility index (Phi) is 5.99. The van der Waals surface area contributed by atoms with Crippen LogP contribution in [-0.4, -0.2) is 55.6 Å². The minimum Gasteiger partial charge on any atom is -0.508 e. The monoisotopic (exact) mass is 534 g/mol. The molecule has 5 atom stereocenters. The van der Waals surface area contributed by atoms with Gasteiger partial charge in [-0.2, -0.15) is 0 Å². The molecule has 202 valence electrons. The number of anilines is 1. The van der Waals surface area contributed by atoms with Crippen LogP contribution in [0.3, 0.4) is 0 Å². The van der Waals surface area contributed by atoms with E-state index in [9.17, 15) is 39.6 Å². The predicted octanol–water partition coefficient (Wildman–Crippen LogP) is 1.33. The van der Waals surface area contributed by atoms with Crippen molar-refractivity contribution in [3.63, 3.8) is 0 Å². The summed E-state index contributed by atoms with van der Waals surface area (Å²) in [6, 6.07) is 10.9. The van der Waals surface area contributed by atoms with E-state index in [1.807, 2.05) is 0 Å². The second kappa shape index (κ2) is 8.98. The van der Waals surface area contributed by atoms with Gasteiger partial charge in [-0.05, 0) is 35.2 Å². The van der Waals surface area contributed by atoms with E-state index in [1.165, 1.54) is 6.07 Å². The molecule has 0 aliphatic heterocycles. The molecule has 1 fully saturated rings. The highest BCUT2D eigenvalue weighted by molar-refractivity contribution is 6.23. The van der Waals surface area contributed by atoms with Gasteiger partial charge in [-0.15, -0.1) is 0 Å². The summed E-state index contributed by atoms with van der Waals surface area (Å²) in [6.45, 7) is 1.68. The number of fused-ring (bicyclic) bond motifs is 3. The topological polar surface area (TPSA) is 210 Å². The smallest absolute Gasteiger partial charge is 0.310 e. The standard InChI is InChI=1S/C28H26N2O9/c1-11-14-3-2-4-16(31)20(14)23(34)22-19(11)24(39-18(33)9-12-5-7-13(29)8-6-12)15-10-17(32)21(27(30)37)25(35)28(15,38)26(22)36/h2-8,11,15,19,24,31,34-35,38H,9-10,29H2,1H3,(H2,30,37)/t11-,15+,19+,24+,28+/m0/s1. The summed E-state index contributed by atoms with van der Waals surface area (Å²) in [5, 5.41) is 44.3. The lowest BCUT2D eigenvalue weighted by atomic mass is 9.55. The molecule has 3 aliphatic carbocycles. The molecule has 0 radical (unpaired) electrons. The van der Waals surface area contributed by atoms with E-state index in [2.05, 4.69) is 0 Å². The number of carbonyl (C=O) groups excluding carboxylic acids is 4. The lowest BCUT2D eigenvalue weighted by Gasteiger charge is -2.51. The summed E-state index contributed by atoms with van der Waals surface area (Å²) in [6.07, 6.45) is -2.27. The van der Waals surface area contributed by atoms with Gasteiger partial charge in [0.05, 0.1) is 12.0 Å². The molecule has 0 heterocycles. The summed E-state index contributed by atoms with van der Waals surface area (Å²) in [5.41, 5.74) is 8.13. The third kappa shape index (κ3) is 3.76. The number of phenols is 1. The molecule has 39 heavy (non-hydrogen) atoms. The zero-order valence-corrected chi connectivity index (χ0v) is 20.7. The molecule has 5 rings (SSSR count). The van der Waals surface area contributed by atoms with Gasteiger partial charge in [0.2, 0.25) is 5.78 Å². The van der Waals surface area contributed by atoms with Crippen LogP contribution >= 0.6 is 0 Å². The molecular formula is C28H26N2O9. The van der Waals surface area contributed by atoms with Crippen molar-refractivity contribution >= 4 is 34.9 Å². The third-order valence-electron chi connectivity index (χ3n) is 7.93. The molecule has 1 amide bonds. The first-order valence-corrected chi connectivity index (χ1v) is 12.2. The van der Waals surface area contributed by atoms with Crippen LogP contribution in [0.15, 0.2) is 59.4 Å². The zero-order valence-electron chi connectivity index (χ0n) is 20.7. The van der Waals surface area contributed by atoms with Gasteiger partial charge in [0, 0.05) is 29.5 Å². The van der Waals surface area contributed by atoms with Crippen LogP contribution in [0.4, 0.5) is 5.69 Å². The summed E-state index contributed by atoms with van der Waals surface area (Å²) in [7, 11) is 0. The van der Waals surface area contributed by atoms with Gasteiger partial charge in [0.1, 0.15) is 28.9 Å². The van der Waals surface area contributed by atoms with Gasteiger partial charge in [0.25, 0.3) is 5.91 Å². The normalized spacial score (nSPS) is 27.9. The van der Waals surface area contributed by atoms with Crippen molar-refractivity contribution in [2.45, 2.75) is 37.4 Å². The van der Waals surface area contributed by atoms with E-state index < -0.39 is 82.0 Å². The molecule has 0 unspecified atom stereocenters. The number of ether oxygens (including phenoxy) is 1. The van der Waals surface area contributed by atoms with E-state index in [4.69, 9.17) is 16.2 Å². The number of aromatic hydroxyl groups is 1. The molecule has 0 bridgehead atoms. The molecule has 3 aliphatic rings. The van der Waals surface area contributed by atoms with Gasteiger partial charge in [-0.3, -0.25) is 19.2 Å². The van der Waals surface area contributed by atoms with Crippen LogP contribution in [0, 0.1) is 11.8 Å². The zero-order chi connectivity index (χ0) is 28.4. The molecule has 11 heteroatoms. The number of aliphatic hydroxyl groups is 3. The number of nitrogen functional groups attached to an aromatic ring is 1. The van der Waals surface area contributed by atoms with Crippen molar-refractivity contribution in [2.75, 3.05) is 5.73 Å². The molecule has 2 aromatic carbocycles. The fraction of sp³-hybridized carbons (Fsp3) is 0.286. The first-order valence-electron chi connectivity index (χ1n) is 12.2. The number of rotatable bonds is 4. The molecule has 1 saturated carbocycles. The summed E-state index contributed by atoms with van der Waals surface area (Å²) in [5.74, 6) is -9.74. The third-order valence-corrected chi connectivity index (χ3v) is 7.93. The maximum Gasteiger partial charge on any atom is 0.310 e. The van der Waals surface area contributed by atoms with Crippen LogP contribution in [0.25, 0.3) is 5.76 Å². The summed E-state index contributed by atoms with van der Waals surface area (Å²) >= 11 is 0. The maximum absolute atomic E-state index is 13.9. The number of hydrogen-bond donors (Lipinski definition) is 6. The fourth-order valence-corrected chi connectivity index (χ4v) is 6.08. The highest BCUT2D eigenvalue weighted by Crippen LogP contribution is 2.56. The van der Waals surface area contributed by atoms with Crippen LogP contribution in [0.1, 0.15) is 36.0 Å². The van der Waals surface area contributed by atoms with Gasteiger partial charge < -0.3 is 36.6 Å². The molecule has 0 aromatic heterocycles. The second-order valence-electron chi connectivity index (χ2n) is 10.1. The average molecular weight is 535 g/mol. The quantitative estimate of drug-likeness (QED) is 0.188. The Morgan fingerprint density at radius 2 is 1.74 bits per heavy atom. The van der Waals surface area contributed by atoms with E-state index >= 15 is 0 Å². The Bertz CT molecular complexity index is 1510. The Balaban J connectivity index is 1.68. The number of nitrogens with two attached hydrogens (primary N) is 2. The largest absolute Gasteiger partial charge is 0.508 e. The van der Waals surface area contributed by atoms with Crippen molar-refractivity contribution in [3.8, 4) is 5.75 Å². The molecule has 0 spiro atoms. The maximum atomic E-state index is 13.9. The highest BCUT2D eigenvalue weighted by Gasteiger charge is 2.66. The van der Waals surface area contributed by atoms with Crippen molar-refractivity contribution in [1.29, 1.82) is 0 Å². The molecule has 8 N–H and O–H groups in total. The lowest BCUT2D eigenvalue weighted by Crippen LogP contribution is -2.64. The number of ketones is 2. The van der Waals surface area contributed by atoms with Gasteiger partial charge >= 0.3 is 5.97 Å². The minimum absolute atomic E-state index is 0.0518. The van der Waals surface area contributed by atoms with E-state index in [0.29, 0.717) is 16.8 Å². The van der Waals surface area contributed by atoms with Gasteiger partial charge in [0.15, 0.2) is 11.4 Å². The minimum atomic E-state index is -2.91. The van der Waals surface area contributed by atoms with Gasteiger partial charge in [-0.1, -0.05) is 31.2 Å². The molecule has 0 saturated heterocycles. The number of esters is 1. The Labute approximate surface area is 222 Å². The highest BCUT2D eigenvalue weighted by atomic mass is 16.5. The van der Waals surface area contributed by atoms with Crippen LogP contribution in [0.2, 0.25) is 0 Å². The number of hydrogen-bond acceptors (Lipinski definition) is 10. The SMILES string of the molecule is C[C@H]1c2cccc(O)c2C(O)=C2C(=O)[C@]3(O)C(O)=C(C(N)=O)C(=O)C[C@@H]3[C@@H](OC(=O)Cc3ccc(N)cc3)[C@@H]21.